The van der Waals surface area contributed by atoms with Crippen LogP contribution in [0, 0.1) is 23.5 Å². The third kappa shape index (κ3) is 4.47. The average Bonchev–Trinajstić information content (AvgIpc) is 3.30. The van der Waals surface area contributed by atoms with E-state index in [0.717, 1.165) is 23.9 Å². The fraction of sp³-hybridized carbons (Fsp3) is 0.281. The summed E-state index contributed by atoms with van der Waals surface area (Å²) in [5.41, 5.74) is 1.22. The summed E-state index contributed by atoms with van der Waals surface area (Å²) in [6.45, 7) is 1.84. The number of benzene rings is 3. The van der Waals surface area contributed by atoms with Crippen LogP contribution >= 0.6 is 0 Å². The van der Waals surface area contributed by atoms with Gasteiger partial charge in [0.1, 0.15) is 28.6 Å². The molecule has 3 aromatic carbocycles. The first-order valence-electron chi connectivity index (χ1n) is 13.7. The number of hydrogen-bond acceptors (Lipinski definition) is 6. The molecule has 1 aliphatic heterocycles. The summed E-state index contributed by atoms with van der Waals surface area (Å²) in [4.78, 5) is 16.0. The van der Waals surface area contributed by atoms with Crippen LogP contribution in [0.1, 0.15) is 24.8 Å². The predicted molar refractivity (Wildman–Crippen MR) is 151 cm³/mol. The van der Waals surface area contributed by atoms with E-state index in [1.807, 2.05) is 24.3 Å². The Hall–Kier alpha value is -4.33. The predicted octanol–water partition coefficient (Wildman–Crippen LogP) is 6.69. The lowest BCUT2D eigenvalue weighted by Crippen LogP contribution is -2.37. The van der Waals surface area contributed by atoms with Crippen LogP contribution in [0.15, 0.2) is 66.9 Å². The molecule has 2 aliphatic rings. The highest BCUT2D eigenvalue weighted by Crippen LogP contribution is 2.41. The lowest BCUT2D eigenvalue weighted by molar-refractivity contribution is 0.295. The number of nitrogens with zero attached hydrogens (tertiary/aromatic N) is 4. The molecule has 0 amide bonds. The molecule has 1 N–H and O–H groups in total. The number of halogens is 2. The van der Waals surface area contributed by atoms with E-state index in [4.69, 9.17) is 9.72 Å². The van der Waals surface area contributed by atoms with E-state index in [-0.39, 0.29) is 35.4 Å². The zero-order chi connectivity index (χ0) is 27.2. The number of hydrogen-bond donors (Lipinski definition) is 1. The Kier molecular flexibility index (Phi) is 6.18. The molecule has 1 saturated carbocycles. The van der Waals surface area contributed by atoms with Crippen molar-refractivity contribution in [2.75, 3.05) is 24.6 Å². The third-order valence-corrected chi connectivity index (χ3v) is 8.21. The van der Waals surface area contributed by atoms with Crippen molar-refractivity contribution >= 4 is 27.5 Å². The van der Waals surface area contributed by atoms with Gasteiger partial charge in [-0.15, -0.1) is 0 Å². The molecule has 6 nitrogen and oxygen atoms in total. The van der Waals surface area contributed by atoms with E-state index in [1.54, 1.807) is 30.5 Å². The maximum Gasteiger partial charge on any atom is 0.319 e. The van der Waals surface area contributed by atoms with E-state index < -0.39 is 5.82 Å². The SMILES string of the molecule is Oc1cc(-c2ncc3c(N4CC5CCC(C5)C4)nc(OCCc4ccccc4F)nc3c2F)c2ccccc2c1. The minimum absolute atomic E-state index is 0.0272. The molecule has 7 rings (SSSR count). The minimum atomic E-state index is -0.601. The van der Waals surface area contributed by atoms with Crippen LogP contribution in [-0.4, -0.2) is 39.8 Å². The van der Waals surface area contributed by atoms with Gasteiger partial charge in [0.2, 0.25) is 0 Å². The van der Waals surface area contributed by atoms with Gasteiger partial charge in [-0.05, 0) is 65.6 Å². The number of phenolic OH excluding ortho intramolecular Hbond substituents is 1. The summed E-state index contributed by atoms with van der Waals surface area (Å²) in [6.07, 6.45) is 5.56. The van der Waals surface area contributed by atoms with E-state index in [1.165, 1.54) is 31.4 Å². The van der Waals surface area contributed by atoms with Gasteiger partial charge in [0.05, 0.1) is 12.0 Å². The fourth-order valence-electron chi connectivity index (χ4n) is 6.34. The van der Waals surface area contributed by atoms with Crippen molar-refractivity contribution in [2.24, 2.45) is 11.8 Å². The number of aromatic nitrogens is 3. The molecule has 2 bridgehead atoms. The molecule has 1 saturated heterocycles. The summed E-state index contributed by atoms with van der Waals surface area (Å²) in [6, 6.07) is 17.3. The quantitative estimate of drug-likeness (QED) is 0.260. The molecular weight excluding hydrogens is 510 g/mol. The Morgan fingerprint density at radius 2 is 1.70 bits per heavy atom. The van der Waals surface area contributed by atoms with Crippen LogP contribution in [0.4, 0.5) is 14.6 Å². The second-order valence-corrected chi connectivity index (χ2v) is 10.9. The molecule has 3 heterocycles. The Morgan fingerprint density at radius 3 is 2.52 bits per heavy atom. The highest BCUT2D eigenvalue weighted by Gasteiger charge is 2.34. The summed E-state index contributed by atoms with van der Waals surface area (Å²) in [5.74, 6) is 0.918. The van der Waals surface area contributed by atoms with E-state index in [0.29, 0.717) is 40.6 Å². The topological polar surface area (TPSA) is 71.4 Å². The van der Waals surface area contributed by atoms with Gasteiger partial charge in [0, 0.05) is 31.3 Å². The van der Waals surface area contributed by atoms with Gasteiger partial charge in [-0.1, -0.05) is 42.5 Å². The Morgan fingerprint density at radius 1 is 0.925 bits per heavy atom. The van der Waals surface area contributed by atoms with E-state index in [2.05, 4.69) is 14.9 Å². The van der Waals surface area contributed by atoms with Crippen LogP contribution in [0.25, 0.3) is 32.9 Å². The summed E-state index contributed by atoms with van der Waals surface area (Å²) in [7, 11) is 0. The molecule has 1 aliphatic carbocycles. The van der Waals surface area contributed by atoms with Crippen molar-refractivity contribution in [1.29, 1.82) is 0 Å². The van der Waals surface area contributed by atoms with Crippen LogP contribution in [0.3, 0.4) is 0 Å². The lowest BCUT2D eigenvalue weighted by atomic mass is 9.98. The first kappa shape index (κ1) is 24.7. The van der Waals surface area contributed by atoms with Crippen molar-refractivity contribution in [3.8, 4) is 23.0 Å². The van der Waals surface area contributed by atoms with Gasteiger partial charge in [0.25, 0.3) is 0 Å². The first-order valence-corrected chi connectivity index (χ1v) is 13.7. The van der Waals surface area contributed by atoms with Crippen molar-refractivity contribution in [1.82, 2.24) is 15.0 Å². The van der Waals surface area contributed by atoms with Crippen molar-refractivity contribution in [2.45, 2.75) is 25.7 Å². The fourth-order valence-corrected chi connectivity index (χ4v) is 6.34. The minimum Gasteiger partial charge on any atom is -0.508 e. The smallest absolute Gasteiger partial charge is 0.319 e. The summed E-state index contributed by atoms with van der Waals surface area (Å²) < 4.78 is 36.5. The number of rotatable bonds is 6. The Balaban J connectivity index is 1.32. The van der Waals surface area contributed by atoms with Gasteiger partial charge >= 0.3 is 6.01 Å². The summed E-state index contributed by atoms with van der Waals surface area (Å²) >= 11 is 0. The zero-order valence-corrected chi connectivity index (χ0v) is 21.9. The molecule has 8 heteroatoms. The molecular formula is C32H28F2N4O2. The highest BCUT2D eigenvalue weighted by atomic mass is 19.1. The average molecular weight is 539 g/mol. The van der Waals surface area contributed by atoms with Crippen molar-refractivity contribution < 1.29 is 18.6 Å². The number of phenols is 1. The summed E-state index contributed by atoms with van der Waals surface area (Å²) in [5, 5.41) is 12.4. The van der Waals surface area contributed by atoms with Gasteiger partial charge < -0.3 is 14.7 Å². The number of anilines is 1. The van der Waals surface area contributed by atoms with Gasteiger partial charge in [0.15, 0.2) is 5.82 Å². The number of aromatic hydroxyl groups is 1. The highest BCUT2D eigenvalue weighted by molar-refractivity contribution is 5.99. The largest absolute Gasteiger partial charge is 0.508 e. The number of piperidine rings is 1. The van der Waals surface area contributed by atoms with Crippen LogP contribution in [-0.2, 0) is 6.42 Å². The molecule has 5 aromatic rings. The molecule has 2 unspecified atom stereocenters. The molecule has 0 spiro atoms. The second kappa shape index (κ2) is 10.0. The third-order valence-electron chi connectivity index (χ3n) is 8.21. The van der Waals surface area contributed by atoms with Crippen LogP contribution in [0.5, 0.6) is 11.8 Å². The molecule has 2 atom stereocenters. The molecule has 202 valence electrons. The maximum absolute atomic E-state index is 16.4. The van der Waals surface area contributed by atoms with Gasteiger partial charge in [-0.25, -0.2) is 8.78 Å². The number of ether oxygens (including phenoxy) is 1. The lowest BCUT2D eigenvalue weighted by Gasteiger charge is -2.33. The number of pyridine rings is 1. The molecule has 40 heavy (non-hydrogen) atoms. The van der Waals surface area contributed by atoms with Gasteiger partial charge in [-0.3, -0.25) is 4.98 Å². The standard InChI is InChI=1S/C32H28F2N4O2/c33-27-8-4-2-5-21(27)11-12-40-32-36-30-26(31(37-32)38-17-19-9-10-20(13-19)18-38)16-35-29(28(30)34)25-15-23(39)14-22-6-1-3-7-24(22)25/h1-8,14-16,19-20,39H,9-13,17-18H2. The molecule has 2 aromatic heterocycles. The van der Waals surface area contributed by atoms with Gasteiger partial charge in [-0.2, -0.15) is 9.97 Å². The first-order chi connectivity index (χ1) is 19.5. The molecule has 0 radical (unpaired) electrons. The Bertz CT molecular complexity index is 1730. The monoisotopic (exact) mass is 538 g/mol. The van der Waals surface area contributed by atoms with E-state index >= 15 is 4.39 Å². The zero-order valence-electron chi connectivity index (χ0n) is 21.9. The Labute approximate surface area is 230 Å². The van der Waals surface area contributed by atoms with E-state index in [9.17, 15) is 9.50 Å². The van der Waals surface area contributed by atoms with Crippen LogP contribution < -0.4 is 9.64 Å². The van der Waals surface area contributed by atoms with Crippen molar-refractivity contribution in [3.63, 3.8) is 0 Å². The maximum atomic E-state index is 16.4. The van der Waals surface area contributed by atoms with Crippen molar-refractivity contribution in [3.05, 3.63) is 84.1 Å². The molecule has 2 fully saturated rings. The second-order valence-electron chi connectivity index (χ2n) is 10.9. The normalized spacial score (nSPS) is 18.5. The number of fused-ring (bicyclic) bond motifs is 4. The van der Waals surface area contributed by atoms with Crippen LogP contribution in [0.2, 0.25) is 0 Å².